The summed E-state index contributed by atoms with van der Waals surface area (Å²) in [6.07, 6.45) is 0. The molecule has 0 bridgehead atoms. The van der Waals surface area contributed by atoms with E-state index >= 15 is 0 Å². The van der Waals surface area contributed by atoms with Crippen molar-refractivity contribution in [2.24, 2.45) is 7.05 Å². The summed E-state index contributed by atoms with van der Waals surface area (Å²) in [6.45, 7) is 8.18. The van der Waals surface area contributed by atoms with Gasteiger partial charge in [-0.05, 0) is 54.7 Å². The molecule has 8 nitrogen and oxygen atoms in total. The van der Waals surface area contributed by atoms with Crippen molar-refractivity contribution in [1.29, 1.82) is 0 Å². The van der Waals surface area contributed by atoms with Crippen LogP contribution < -0.4 is 10.9 Å². The molecule has 48 heavy (non-hydrogen) atoms. The van der Waals surface area contributed by atoms with Crippen LogP contribution >= 0.6 is 0 Å². The number of aromatic nitrogens is 2. The second-order valence-corrected chi connectivity index (χ2v) is 13.0. The summed E-state index contributed by atoms with van der Waals surface area (Å²) in [4.78, 5) is 42.3. The highest BCUT2D eigenvalue weighted by molar-refractivity contribution is 6.04. The van der Waals surface area contributed by atoms with E-state index in [0.717, 1.165) is 55.4 Å². The van der Waals surface area contributed by atoms with Crippen LogP contribution in [0.15, 0.2) is 97.1 Å². The normalized spacial score (nSPS) is 14.2. The second-order valence-electron chi connectivity index (χ2n) is 13.0. The molecule has 4 aromatic carbocycles. The highest BCUT2D eigenvalue weighted by Gasteiger charge is 2.41. The Bertz CT molecular complexity index is 2220. The number of aryl methyl sites for hydroxylation is 2. The van der Waals surface area contributed by atoms with Crippen molar-refractivity contribution in [3.8, 4) is 11.3 Å². The van der Waals surface area contributed by atoms with E-state index in [1.54, 1.807) is 4.90 Å². The number of fused-ring (bicyclic) bond motifs is 3. The third-order valence-electron chi connectivity index (χ3n) is 9.62. The Morgan fingerprint density at radius 2 is 1.35 bits per heavy atom. The van der Waals surface area contributed by atoms with Crippen molar-refractivity contribution in [1.82, 2.24) is 24.9 Å². The molecule has 2 N–H and O–H groups in total. The van der Waals surface area contributed by atoms with Crippen LogP contribution in [0.4, 0.5) is 0 Å². The summed E-state index contributed by atoms with van der Waals surface area (Å²) in [5, 5.41) is 2.14. The van der Waals surface area contributed by atoms with E-state index in [9.17, 15) is 14.4 Å². The molecule has 0 radical (unpaired) electrons. The van der Waals surface area contributed by atoms with Crippen LogP contribution in [0, 0.1) is 13.8 Å². The minimum atomic E-state index is -0.513. The van der Waals surface area contributed by atoms with E-state index in [1.807, 2.05) is 73.1 Å². The van der Waals surface area contributed by atoms with E-state index in [1.165, 1.54) is 5.56 Å². The van der Waals surface area contributed by atoms with Crippen molar-refractivity contribution in [3.63, 3.8) is 0 Å². The van der Waals surface area contributed by atoms with E-state index in [-0.39, 0.29) is 24.9 Å². The van der Waals surface area contributed by atoms with E-state index in [2.05, 4.69) is 78.7 Å². The number of hydrazine groups is 1. The molecule has 1 atom stereocenters. The van der Waals surface area contributed by atoms with Gasteiger partial charge in [0, 0.05) is 45.7 Å². The Morgan fingerprint density at radius 3 is 2.06 bits per heavy atom. The molecular formula is C40H39N5O3. The molecule has 0 spiro atoms. The summed E-state index contributed by atoms with van der Waals surface area (Å²) in [7, 11) is 2.04. The fourth-order valence-corrected chi connectivity index (χ4v) is 7.51. The Balaban J connectivity index is 1.19. The van der Waals surface area contributed by atoms with Crippen LogP contribution in [-0.2, 0) is 23.2 Å². The predicted molar refractivity (Wildman–Crippen MR) is 189 cm³/mol. The summed E-state index contributed by atoms with van der Waals surface area (Å²) >= 11 is 0. The van der Waals surface area contributed by atoms with Gasteiger partial charge >= 0.3 is 0 Å². The fraction of sp³-hybridized carbons (Fsp3) is 0.225. The molecule has 0 aliphatic carbocycles. The van der Waals surface area contributed by atoms with E-state index in [4.69, 9.17) is 0 Å². The van der Waals surface area contributed by atoms with Gasteiger partial charge in [-0.1, -0.05) is 98.3 Å². The van der Waals surface area contributed by atoms with Crippen LogP contribution in [0.25, 0.3) is 33.1 Å². The molecule has 2 aromatic heterocycles. The SMILES string of the molecule is Cc1ccc(-c2c(C3c4ccccc4C(=O)N3CC(=O)NNC(=O)Cn3c(C)c(C(C)C)c4ccccc43)c3ccccc3n2C)cc1. The van der Waals surface area contributed by atoms with Crippen molar-refractivity contribution < 1.29 is 14.4 Å². The van der Waals surface area contributed by atoms with Gasteiger partial charge in [-0.2, -0.15) is 0 Å². The predicted octanol–water partition coefficient (Wildman–Crippen LogP) is 6.93. The zero-order valence-electron chi connectivity index (χ0n) is 27.9. The third kappa shape index (κ3) is 5.14. The molecular weight excluding hydrogens is 598 g/mol. The minimum Gasteiger partial charge on any atom is -0.343 e. The lowest BCUT2D eigenvalue weighted by molar-refractivity contribution is -0.129. The number of hydrogen-bond donors (Lipinski definition) is 2. The number of para-hydroxylation sites is 2. The third-order valence-corrected chi connectivity index (χ3v) is 9.62. The molecule has 8 heteroatoms. The highest BCUT2D eigenvalue weighted by Crippen LogP contribution is 2.46. The van der Waals surface area contributed by atoms with Crippen LogP contribution in [0.3, 0.4) is 0 Å². The Hall–Kier alpha value is -5.63. The van der Waals surface area contributed by atoms with E-state index in [0.29, 0.717) is 11.5 Å². The second kappa shape index (κ2) is 12.2. The fourth-order valence-electron chi connectivity index (χ4n) is 7.51. The lowest BCUT2D eigenvalue weighted by Gasteiger charge is -2.26. The number of nitrogens with one attached hydrogen (secondary N) is 2. The molecule has 7 rings (SSSR count). The largest absolute Gasteiger partial charge is 0.343 e. The first-order valence-electron chi connectivity index (χ1n) is 16.3. The molecule has 0 saturated heterocycles. The van der Waals surface area contributed by atoms with Gasteiger partial charge < -0.3 is 14.0 Å². The number of rotatable bonds is 7. The topological polar surface area (TPSA) is 88.4 Å². The van der Waals surface area contributed by atoms with Gasteiger partial charge in [0.05, 0.1) is 11.7 Å². The molecule has 242 valence electrons. The van der Waals surface area contributed by atoms with Gasteiger partial charge in [-0.15, -0.1) is 0 Å². The van der Waals surface area contributed by atoms with Gasteiger partial charge in [0.2, 0.25) is 0 Å². The molecule has 1 aliphatic rings. The quantitative estimate of drug-likeness (QED) is 0.186. The first kappa shape index (κ1) is 31.0. The number of amides is 3. The summed E-state index contributed by atoms with van der Waals surface area (Å²) in [6, 6.07) is 31.6. The molecule has 1 aliphatic heterocycles. The first-order valence-corrected chi connectivity index (χ1v) is 16.3. The minimum absolute atomic E-state index is 0.0476. The lowest BCUT2D eigenvalue weighted by atomic mass is 9.93. The monoisotopic (exact) mass is 637 g/mol. The molecule has 1 unspecified atom stereocenters. The number of carbonyl (C=O) groups is 3. The van der Waals surface area contributed by atoms with Crippen molar-refractivity contribution >= 4 is 39.5 Å². The highest BCUT2D eigenvalue weighted by atomic mass is 16.2. The Labute approximate surface area is 279 Å². The maximum Gasteiger partial charge on any atom is 0.258 e. The average Bonchev–Trinajstić information content (AvgIpc) is 3.64. The molecule has 3 heterocycles. The van der Waals surface area contributed by atoms with Gasteiger partial charge in [0.1, 0.15) is 13.1 Å². The van der Waals surface area contributed by atoms with Crippen LogP contribution in [0.1, 0.15) is 64.1 Å². The van der Waals surface area contributed by atoms with E-state index < -0.39 is 11.9 Å². The smallest absolute Gasteiger partial charge is 0.258 e. The number of nitrogens with zero attached hydrogens (tertiary/aromatic N) is 3. The maximum atomic E-state index is 14.0. The standard InChI is InChI=1S/C40H39N5O3/c1-24(2)36-26(4)44(33-17-11-9-15-31(33)36)22-34(46)41-42-35(47)23-45-39(28-12-6-7-13-29(28)40(45)48)37-30-14-8-10-16-32(30)43(5)38(37)27-20-18-25(3)19-21-27/h6-21,24,39H,22-23H2,1-5H3,(H,41,46)(H,42,47). The van der Waals surface area contributed by atoms with Gasteiger partial charge in [0.25, 0.3) is 17.7 Å². The molecule has 3 amide bonds. The van der Waals surface area contributed by atoms with Gasteiger partial charge in [0.15, 0.2) is 0 Å². The molecule has 6 aromatic rings. The van der Waals surface area contributed by atoms with Gasteiger partial charge in [-0.25, -0.2) is 0 Å². The van der Waals surface area contributed by atoms with Crippen molar-refractivity contribution in [2.75, 3.05) is 6.54 Å². The maximum absolute atomic E-state index is 14.0. The Kier molecular flexibility index (Phi) is 7.87. The zero-order valence-corrected chi connectivity index (χ0v) is 27.9. The summed E-state index contributed by atoms with van der Waals surface area (Å²) in [5.41, 5.74) is 15.0. The number of benzene rings is 4. The first-order chi connectivity index (χ1) is 23.2. The summed E-state index contributed by atoms with van der Waals surface area (Å²) in [5.74, 6) is -0.771. The lowest BCUT2D eigenvalue weighted by Crippen LogP contribution is -2.48. The number of hydrogen-bond acceptors (Lipinski definition) is 3. The molecule has 0 saturated carbocycles. The van der Waals surface area contributed by atoms with Crippen molar-refractivity contribution in [3.05, 3.63) is 131 Å². The van der Waals surface area contributed by atoms with Crippen LogP contribution in [0.2, 0.25) is 0 Å². The number of carbonyl (C=O) groups excluding carboxylic acids is 3. The van der Waals surface area contributed by atoms with Crippen molar-refractivity contribution in [2.45, 2.75) is 46.2 Å². The zero-order chi connectivity index (χ0) is 33.7. The Morgan fingerprint density at radius 1 is 0.750 bits per heavy atom. The summed E-state index contributed by atoms with van der Waals surface area (Å²) < 4.78 is 4.15. The van der Waals surface area contributed by atoms with Crippen LogP contribution in [-0.4, -0.2) is 38.3 Å². The van der Waals surface area contributed by atoms with Crippen LogP contribution in [0.5, 0.6) is 0 Å². The molecule has 0 fully saturated rings. The average molecular weight is 638 g/mol. The van der Waals surface area contributed by atoms with Gasteiger partial charge in [-0.3, -0.25) is 25.2 Å².